The predicted octanol–water partition coefficient (Wildman–Crippen LogP) is 6.69. The lowest BCUT2D eigenvalue weighted by atomic mass is 10.3. The number of nitrogens with one attached hydrogen (secondary N) is 1. The Bertz CT molecular complexity index is 1010. The highest BCUT2D eigenvalue weighted by atomic mass is 35.5. The third-order valence-corrected chi connectivity index (χ3v) is 7.41. The molecule has 28 heavy (non-hydrogen) atoms. The highest BCUT2D eigenvalue weighted by Gasteiger charge is 2.30. The molecule has 3 aromatic rings. The number of anilines is 1. The minimum atomic E-state index is -0.296. The molecule has 1 aliphatic rings. The highest BCUT2D eigenvalue weighted by molar-refractivity contribution is 7.99. The van der Waals surface area contributed by atoms with E-state index in [2.05, 4.69) is 20.1 Å². The van der Waals surface area contributed by atoms with Crippen LogP contribution < -0.4 is 5.32 Å². The molecule has 1 amide bonds. The van der Waals surface area contributed by atoms with Crippen LogP contribution in [0.1, 0.15) is 18.9 Å². The summed E-state index contributed by atoms with van der Waals surface area (Å²) < 4.78 is 2.11. The first kappa shape index (κ1) is 20.3. The monoisotopic (exact) mass is 492 g/mol. The fraction of sp³-hybridized carbons (Fsp3) is 0.235. The van der Waals surface area contributed by atoms with Crippen LogP contribution in [0, 0.1) is 0 Å². The quantitative estimate of drug-likeness (QED) is 0.307. The van der Waals surface area contributed by atoms with E-state index >= 15 is 0 Å². The van der Waals surface area contributed by atoms with Crippen LogP contribution in [0.3, 0.4) is 0 Å². The second-order valence-electron chi connectivity index (χ2n) is 6.06. The van der Waals surface area contributed by atoms with Gasteiger partial charge in [-0.3, -0.25) is 9.36 Å². The summed E-state index contributed by atoms with van der Waals surface area (Å²) in [6.45, 7) is 0. The summed E-state index contributed by atoms with van der Waals surface area (Å²) >= 11 is 27.2. The number of hydrogen-bond acceptors (Lipinski definition) is 5. The number of carbonyl (C=O) groups excluding carboxylic acids is 1. The van der Waals surface area contributed by atoms with E-state index in [4.69, 9.17) is 46.4 Å². The lowest BCUT2D eigenvalue weighted by Crippen LogP contribution is -2.15. The number of thiophene rings is 1. The average Bonchev–Trinajstić information content (AvgIpc) is 3.18. The molecule has 0 aliphatic heterocycles. The maximum atomic E-state index is 12.5. The van der Waals surface area contributed by atoms with Crippen LogP contribution >= 0.6 is 69.5 Å². The fourth-order valence-corrected chi connectivity index (χ4v) is 5.01. The SMILES string of the molecule is O=C(CSc1nnc(-c2cccs2)n1C1CC1)Nc1c(Cl)c(Cl)cc(Cl)c1Cl. The van der Waals surface area contributed by atoms with Crippen molar-refractivity contribution < 1.29 is 4.79 Å². The topological polar surface area (TPSA) is 59.8 Å². The van der Waals surface area contributed by atoms with Crippen molar-refractivity contribution in [2.24, 2.45) is 0 Å². The maximum absolute atomic E-state index is 12.5. The van der Waals surface area contributed by atoms with Crippen LogP contribution in [-0.2, 0) is 4.79 Å². The number of hydrogen-bond donors (Lipinski definition) is 1. The van der Waals surface area contributed by atoms with Crippen molar-refractivity contribution in [3.63, 3.8) is 0 Å². The molecule has 2 heterocycles. The summed E-state index contributed by atoms with van der Waals surface area (Å²) in [7, 11) is 0. The molecule has 4 rings (SSSR count). The first-order chi connectivity index (χ1) is 13.5. The van der Waals surface area contributed by atoms with Crippen LogP contribution in [-0.4, -0.2) is 26.4 Å². The van der Waals surface area contributed by atoms with E-state index in [1.165, 1.54) is 17.8 Å². The van der Waals surface area contributed by atoms with Crippen molar-refractivity contribution >= 4 is 81.1 Å². The molecule has 1 aromatic carbocycles. The van der Waals surface area contributed by atoms with E-state index in [1.54, 1.807) is 11.3 Å². The first-order valence-corrected chi connectivity index (χ1v) is 11.6. The van der Waals surface area contributed by atoms with Gasteiger partial charge in [-0.25, -0.2) is 0 Å². The van der Waals surface area contributed by atoms with Gasteiger partial charge in [-0.1, -0.05) is 64.2 Å². The summed E-state index contributed by atoms with van der Waals surface area (Å²) in [6.07, 6.45) is 2.17. The normalized spacial score (nSPS) is 13.7. The van der Waals surface area contributed by atoms with Crippen molar-refractivity contribution in [1.29, 1.82) is 0 Å². The Labute approximate surface area is 189 Å². The number of nitrogens with zero attached hydrogens (tertiary/aromatic N) is 3. The van der Waals surface area contributed by atoms with Gasteiger partial charge in [0.2, 0.25) is 5.91 Å². The molecule has 0 spiro atoms. The minimum absolute atomic E-state index is 0.117. The second kappa shape index (κ2) is 8.42. The van der Waals surface area contributed by atoms with Crippen molar-refractivity contribution in [2.75, 3.05) is 11.1 Å². The molecule has 1 fully saturated rings. The summed E-state index contributed by atoms with van der Waals surface area (Å²) in [5, 5.41) is 14.7. The van der Waals surface area contributed by atoms with Gasteiger partial charge in [0, 0.05) is 6.04 Å². The number of halogens is 4. The molecule has 146 valence electrons. The van der Waals surface area contributed by atoms with Crippen LogP contribution in [0.15, 0.2) is 28.7 Å². The number of carbonyl (C=O) groups is 1. The number of thioether (sulfide) groups is 1. The molecular formula is C17H12Cl4N4OS2. The van der Waals surface area contributed by atoms with E-state index < -0.39 is 0 Å². The van der Waals surface area contributed by atoms with Gasteiger partial charge in [0.15, 0.2) is 11.0 Å². The Kier molecular flexibility index (Phi) is 6.11. The van der Waals surface area contributed by atoms with Gasteiger partial charge in [-0.2, -0.15) is 0 Å². The Morgan fingerprint density at radius 1 is 1.21 bits per heavy atom. The molecule has 1 N–H and O–H groups in total. The van der Waals surface area contributed by atoms with Gasteiger partial charge in [0.05, 0.1) is 36.4 Å². The molecule has 11 heteroatoms. The summed E-state index contributed by atoms with van der Waals surface area (Å²) in [4.78, 5) is 13.5. The number of amides is 1. The lowest BCUT2D eigenvalue weighted by Gasteiger charge is -2.12. The van der Waals surface area contributed by atoms with Gasteiger partial charge >= 0.3 is 0 Å². The minimum Gasteiger partial charge on any atom is -0.323 e. The molecular weight excluding hydrogens is 482 g/mol. The zero-order valence-corrected chi connectivity index (χ0v) is 18.7. The number of aromatic nitrogens is 3. The Balaban J connectivity index is 1.49. The van der Waals surface area contributed by atoms with Gasteiger partial charge in [0.1, 0.15) is 0 Å². The smallest absolute Gasteiger partial charge is 0.234 e. The standard InChI is InChI=1S/C17H12Cl4N4OS2/c18-9-6-10(19)14(21)15(13(9)20)22-12(26)7-28-17-24-23-16(11-2-1-5-27-11)25(17)8-3-4-8/h1-2,5-6,8H,3-4,7H2,(H,22,26). The molecule has 0 saturated heterocycles. The Hall–Kier alpha value is -0.960. The molecule has 2 aromatic heterocycles. The summed E-state index contributed by atoms with van der Waals surface area (Å²) in [6, 6.07) is 5.81. The average molecular weight is 494 g/mol. The van der Waals surface area contributed by atoms with E-state index in [0.717, 1.165) is 23.5 Å². The van der Waals surface area contributed by atoms with Crippen LogP contribution in [0.5, 0.6) is 0 Å². The fourth-order valence-electron chi connectivity index (χ4n) is 2.60. The molecule has 0 unspecified atom stereocenters. The molecule has 1 aliphatic carbocycles. The van der Waals surface area contributed by atoms with Crippen LogP contribution in [0.4, 0.5) is 5.69 Å². The highest BCUT2D eigenvalue weighted by Crippen LogP contribution is 2.43. The van der Waals surface area contributed by atoms with E-state index in [9.17, 15) is 4.79 Å². The molecule has 1 saturated carbocycles. The van der Waals surface area contributed by atoms with E-state index in [0.29, 0.717) is 11.2 Å². The lowest BCUT2D eigenvalue weighted by molar-refractivity contribution is -0.113. The molecule has 0 atom stereocenters. The van der Waals surface area contributed by atoms with Gasteiger partial charge in [0.25, 0.3) is 0 Å². The van der Waals surface area contributed by atoms with Crippen molar-refractivity contribution in [3.8, 4) is 10.7 Å². The number of rotatable bonds is 6. The zero-order valence-electron chi connectivity index (χ0n) is 14.1. The largest absolute Gasteiger partial charge is 0.323 e. The third-order valence-electron chi connectivity index (χ3n) is 4.03. The first-order valence-electron chi connectivity index (χ1n) is 8.20. The zero-order chi connectivity index (χ0) is 19.8. The third kappa shape index (κ3) is 4.15. The predicted molar refractivity (Wildman–Crippen MR) is 117 cm³/mol. The number of benzene rings is 1. The van der Waals surface area contributed by atoms with Crippen LogP contribution in [0.25, 0.3) is 10.7 Å². The van der Waals surface area contributed by atoms with Crippen molar-refractivity contribution in [1.82, 2.24) is 14.8 Å². The Morgan fingerprint density at radius 3 is 2.54 bits per heavy atom. The molecule has 0 bridgehead atoms. The Morgan fingerprint density at radius 2 is 1.93 bits per heavy atom. The van der Waals surface area contributed by atoms with E-state index in [-0.39, 0.29) is 37.4 Å². The van der Waals surface area contributed by atoms with Gasteiger partial charge in [-0.05, 0) is 30.4 Å². The van der Waals surface area contributed by atoms with Crippen molar-refractivity contribution in [3.05, 3.63) is 43.7 Å². The molecule has 5 nitrogen and oxygen atoms in total. The van der Waals surface area contributed by atoms with Gasteiger partial charge in [-0.15, -0.1) is 21.5 Å². The van der Waals surface area contributed by atoms with E-state index in [1.807, 2.05) is 17.5 Å². The van der Waals surface area contributed by atoms with Gasteiger partial charge < -0.3 is 5.32 Å². The summed E-state index contributed by atoms with van der Waals surface area (Å²) in [5.74, 6) is 0.662. The molecule has 0 radical (unpaired) electrons. The summed E-state index contributed by atoms with van der Waals surface area (Å²) in [5.41, 5.74) is 0.203. The van der Waals surface area contributed by atoms with Crippen LogP contribution in [0.2, 0.25) is 20.1 Å². The maximum Gasteiger partial charge on any atom is 0.234 e. The second-order valence-corrected chi connectivity index (χ2v) is 9.53. The van der Waals surface area contributed by atoms with Crippen molar-refractivity contribution in [2.45, 2.75) is 24.0 Å².